The second-order valence-corrected chi connectivity index (χ2v) is 10.0. The van der Waals surface area contributed by atoms with E-state index in [4.69, 9.17) is 4.52 Å². The van der Waals surface area contributed by atoms with Gasteiger partial charge in [-0.25, -0.2) is 0 Å². The predicted octanol–water partition coefficient (Wildman–Crippen LogP) is 4.59. The van der Waals surface area contributed by atoms with Gasteiger partial charge in [0, 0.05) is 29.7 Å². The van der Waals surface area contributed by atoms with E-state index in [1.54, 1.807) is 6.07 Å². The molecular weight excluding hydrogens is 510 g/mol. The average Bonchev–Trinajstić information content (AvgIpc) is 3.57. The van der Waals surface area contributed by atoms with Gasteiger partial charge in [-0.1, -0.05) is 45.4 Å². The Balaban J connectivity index is 1.22. The van der Waals surface area contributed by atoms with Gasteiger partial charge in [0.25, 0.3) is 5.91 Å². The van der Waals surface area contributed by atoms with Gasteiger partial charge in [-0.3, -0.25) is 14.5 Å². The molecule has 3 heterocycles. The minimum Gasteiger partial charge on any atom is -0.339 e. The predicted molar refractivity (Wildman–Crippen MR) is 136 cm³/mol. The van der Waals surface area contributed by atoms with Crippen LogP contribution in [0.2, 0.25) is 0 Å². The van der Waals surface area contributed by atoms with Crippen LogP contribution in [0.15, 0.2) is 57.5 Å². The fourth-order valence-electron chi connectivity index (χ4n) is 4.77. The fourth-order valence-corrected chi connectivity index (χ4v) is 5.17. The minimum atomic E-state index is -0.175. The van der Waals surface area contributed by atoms with Crippen LogP contribution in [-0.2, 0) is 11.3 Å². The van der Waals surface area contributed by atoms with Gasteiger partial charge in [0.1, 0.15) is 0 Å². The SMILES string of the molecule is O=C(Nc1ccccc1C(=O)N1CCCC1)C1CCCN(Cc2nc(-c3cccc(Br)c3)no2)C1. The Morgan fingerprint density at radius 2 is 1.89 bits per heavy atom. The summed E-state index contributed by atoms with van der Waals surface area (Å²) in [6.07, 6.45) is 3.77. The molecule has 2 aliphatic rings. The van der Waals surface area contributed by atoms with Crippen LogP contribution in [0.25, 0.3) is 11.4 Å². The van der Waals surface area contributed by atoms with Gasteiger partial charge in [0.05, 0.1) is 23.7 Å². The van der Waals surface area contributed by atoms with Gasteiger partial charge >= 0.3 is 0 Å². The van der Waals surface area contributed by atoms with Gasteiger partial charge in [-0.15, -0.1) is 0 Å². The van der Waals surface area contributed by atoms with E-state index >= 15 is 0 Å². The summed E-state index contributed by atoms with van der Waals surface area (Å²) < 4.78 is 6.44. The molecule has 182 valence electrons. The number of para-hydroxylation sites is 1. The molecule has 2 aromatic carbocycles. The van der Waals surface area contributed by atoms with E-state index in [1.807, 2.05) is 47.4 Å². The molecule has 0 bridgehead atoms. The van der Waals surface area contributed by atoms with Crippen molar-refractivity contribution in [2.24, 2.45) is 5.92 Å². The summed E-state index contributed by atoms with van der Waals surface area (Å²) >= 11 is 3.47. The van der Waals surface area contributed by atoms with Crippen LogP contribution in [0, 0.1) is 5.92 Å². The Morgan fingerprint density at radius 1 is 1.06 bits per heavy atom. The highest BCUT2D eigenvalue weighted by molar-refractivity contribution is 9.10. The van der Waals surface area contributed by atoms with Crippen molar-refractivity contribution >= 4 is 33.4 Å². The van der Waals surface area contributed by atoms with Gasteiger partial charge in [-0.05, 0) is 56.5 Å². The average molecular weight is 538 g/mol. The lowest BCUT2D eigenvalue weighted by molar-refractivity contribution is -0.121. The maximum absolute atomic E-state index is 13.2. The zero-order valence-corrected chi connectivity index (χ0v) is 21.0. The number of anilines is 1. The maximum atomic E-state index is 13.2. The van der Waals surface area contributed by atoms with Crippen LogP contribution in [0.1, 0.15) is 41.9 Å². The van der Waals surface area contributed by atoms with Gasteiger partial charge in [-0.2, -0.15) is 4.98 Å². The second-order valence-electron chi connectivity index (χ2n) is 9.13. The summed E-state index contributed by atoms with van der Waals surface area (Å²) in [5.41, 5.74) is 2.02. The number of hydrogen-bond donors (Lipinski definition) is 1. The van der Waals surface area contributed by atoms with Crippen LogP contribution in [0.4, 0.5) is 5.69 Å². The number of rotatable bonds is 6. The summed E-state index contributed by atoms with van der Waals surface area (Å²) in [6.45, 7) is 3.51. The summed E-state index contributed by atoms with van der Waals surface area (Å²) in [4.78, 5) is 34.7. The smallest absolute Gasteiger partial charge is 0.255 e. The first kappa shape index (κ1) is 23.7. The lowest BCUT2D eigenvalue weighted by Gasteiger charge is -2.31. The summed E-state index contributed by atoms with van der Waals surface area (Å²) in [6, 6.07) is 15.1. The van der Waals surface area contributed by atoms with Crippen molar-refractivity contribution in [3.8, 4) is 11.4 Å². The van der Waals surface area contributed by atoms with Crippen LogP contribution in [0.3, 0.4) is 0 Å². The highest BCUT2D eigenvalue weighted by atomic mass is 79.9. The summed E-state index contributed by atoms with van der Waals surface area (Å²) in [5.74, 6) is 0.832. The number of benzene rings is 2. The number of nitrogens with one attached hydrogen (secondary N) is 1. The normalized spacial score (nSPS) is 18.5. The first-order valence-corrected chi connectivity index (χ1v) is 12.9. The highest BCUT2D eigenvalue weighted by Gasteiger charge is 2.28. The van der Waals surface area contributed by atoms with Crippen molar-refractivity contribution in [1.82, 2.24) is 19.9 Å². The highest BCUT2D eigenvalue weighted by Crippen LogP contribution is 2.25. The molecule has 5 rings (SSSR count). The van der Waals surface area contributed by atoms with Crippen molar-refractivity contribution in [2.75, 3.05) is 31.5 Å². The number of aromatic nitrogens is 2. The maximum Gasteiger partial charge on any atom is 0.255 e. The molecule has 3 aromatic rings. The standard InChI is InChI=1S/C26H28BrN5O3/c27-20-9-5-7-18(15-20)24-29-23(35-30-24)17-31-12-6-8-19(16-31)25(33)28-22-11-2-1-10-21(22)26(34)32-13-3-4-14-32/h1-2,5,7,9-11,15,19H,3-4,6,8,12-14,16-17H2,(H,28,33). The van der Waals surface area contributed by atoms with E-state index in [0.29, 0.717) is 36.1 Å². The number of halogens is 1. The first-order valence-electron chi connectivity index (χ1n) is 12.1. The lowest BCUT2D eigenvalue weighted by Crippen LogP contribution is -2.40. The zero-order valence-electron chi connectivity index (χ0n) is 19.5. The molecule has 0 aliphatic carbocycles. The molecular formula is C26H28BrN5O3. The number of carbonyl (C=O) groups excluding carboxylic acids is 2. The second kappa shape index (κ2) is 10.7. The third-order valence-corrected chi connectivity index (χ3v) is 7.09. The molecule has 0 radical (unpaired) electrons. The van der Waals surface area contributed by atoms with E-state index < -0.39 is 0 Å². The summed E-state index contributed by atoms with van der Waals surface area (Å²) in [5, 5.41) is 7.14. The van der Waals surface area contributed by atoms with Crippen molar-refractivity contribution in [1.29, 1.82) is 0 Å². The summed E-state index contributed by atoms with van der Waals surface area (Å²) in [7, 11) is 0. The molecule has 2 aliphatic heterocycles. The van der Waals surface area contributed by atoms with E-state index in [-0.39, 0.29) is 17.7 Å². The van der Waals surface area contributed by atoms with E-state index in [2.05, 4.69) is 36.3 Å². The van der Waals surface area contributed by atoms with Crippen LogP contribution >= 0.6 is 15.9 Å². The zero-order chi connectivity index (χ0) is 24.2. The Morgan fingerprint density at radius 3 is 2.71 bits per heavy atom. The van der Waals surface area contributed by atoms with Gasteiger partial charge < -0.3 is 14.7 Å². The lowest BCUT2D eigenvalue weighted by atomic mass is 9.96. The topological polar surface area (TPSA) is 91.6 Å². The number of nitrogens with zero attached hydrogens (tertiary/aromatic N) is 4. The van der Waals surface area contributed by atoms with Crippen LogP contribution < -0.4 is 5.32 Å². The molecule has 1 atom stereocenters. The van der Waals surface area contributed by atoms with Crippen molar-refractivity contribution < 1.29 is 14.1 Å². The number of piperidine rings is 1. The van der Waals surface area contributed by atoms with Crippen LogP contribution in [-0.4, -0.2) is 57.9 Å². The van der Waals surface area contributed by atoms with E-state index in [0.717, 1.165) is 55.4 Å². The van der Waals surface area contributed by atoms with Crippen molar-refractivity contribution in [3.05, 3.63) is 64.5 Å². The van der Waals surface area contributed by atoms with E-state index in [9.17, 15) is 9.59 Å². The van der Waals surface area contributed by atoms with Crippen LogP contribution in [0.5, 0.6) is 0 Å². The Bertz CT molecular complexity index is 1210. The minimum absolute atomic E-state index is 0.0127. The van der Waals surface area contributed by atoms with E-state index in [1.165, 1.54) is 0 Å². The Hall–Kier alpha value is -3.04. The number of hydrogen-bond acceptors (Lipinski definition) is 6. The Labute approximate surface area is 212 Å². The largest absolute Gasteiger partial charge is 0.339 e. The van der Waals surface area contributed by atoms with Gasteiger partial charge in [0.15, 0.2) is 0 Å². The first-order chi connectivity index (χ1) is 17.1. The molecule has 2 saturated heterocycles. The quantitative estimate of drug-likeness (QED) is 0.494. The monoisotopic (exact) mass is 537 g/mol. The number of amides is 2. The molecule has 1 unspecified atom stereocenters. The molecule has 2 amide bonds. The molecule has 0 spiro atoms. The third-order valence-electron chi connectivity index (χ3n) is 6.59. The number of carbonyl (C=O) groups is 2. The van der Waals surface area contributed by atoms with Crippen molar-refractivity contribution in [2.45, 2.75) is 32.2 Å². The third kappa shape index (κ3) is 5.62. The van der Waals surface area contributed by atoms with Gasteiger partial charge in [0.2, 0.25) is 17.6 Å². The molecule has 35 heavy (non-hydrogen) atoms. The molecule has 0 saturated carbocycles. The van der Waals surface area contributed by atoms with Crippen molar-refractivity contribution in [3.63, 3.8) is 0 Å². The Kier molecular flexibility index (Phi) is 7.24. The fraction of sp³-hybridized carbons (Fsp3) is 0.385. The molecule has 1 N–H and O–H groups in total. The molecule has 2 fully saturated rings. The molecule has 8 nitrogen and oxygen atoms in total. The molecule has 1 aromatic heterocycles. The molecule has 9 heteroatoms. The number of likely N-dealkylation sites (tertiary alicyclic amines) is 2.